The smallest absolute Gasteiger partial charge is 0.122 e. The molecule has 2 aromatic carbocycles. The predicted molar refractivity (Wildman–Crippen MR) is 90.3 cm³/mol. The van der Waals surface area contributed by atoms with Gasteiger partial charge in [-0.3, -0.25) is 0 Å². The first kappa shape index (κ1) is 16.5. The van der Waals surface area contributed by atoms with Crippen LogP contribution in [0.3, 0.4) is 0 Å². The van der Waals surface area contributed by atoms with E-state index >= 15 is 0 Å². The number of likely N-dealkylation sites (N-methyl/N-ethyl adjacent to an activating group) is 1. The fourth-order valence-corrected chi connectivity index (χ4v) is 2.44. The van der Waals surface area contributed by atoms with E-state index in [1.54, 1.807) is 0 Å². The molecule has 2 aromatic rings. The van der Waals surface area contributed by atoms with Crippen molar-refractivity contribution in [2.45, 2.75) is 18.9 Å². The molecule has 0 aliphatic rings. The van der Waals surface area contributed by atoms with Crippen molar-refractivity contribution in [1.82, 2.24) is 4.90 Å². The summed E-state index contributed by atoms with van der Waals surface area (Å²) >= 11 is 0. The highest BCUT2D eigenvalue weighted by atomic mass is 16.5. The second-order valence-electron chi connectivity index (χ2n) is 5.82. The lowest BCUT2D eigenvalue weighted by atomic mass is 10.0. The van der Waals surface area contributed by atoms with E-state index in [1.165, 1.54) is 11.1 Å². The Morgan fingerprint density at radius 3 is 2.36 bits per heavy atom. The number of ether oxygens (including phenoxy) is 1. The zero-order valence-electron chi connectivity index (χ0n) is 13.4. The maximum Gasteiger partial charge on any atom is 0.122 e. The Labute approximate surface area is 133 Å². The number of aliphatic hydroxyl groups is 1. The van der Waals surface area contributed by atoms with Crippen LogP contribution in [0.5, 0.6) is 5.75 Å². The number of hydrogen-bond donors (Lipinski definition) is 1. The summed E-state index contributed by atoms with van der Waals surface area (Å²) in [5, 5.41) is 9.91. The Morgan fingerprint density at radius 2 is 1.64 bits per heavy atom. The molecule has 0 saturated heterocycles. The molecule has 1 N–H and O–H groups in total. The van der Waals surface area contributed by atoms with Crippen molar-refractivity contribution in [3.63, 3.8) is 0 Å². The van der Waals surface area contributed by atoms with Crippen LogP contribution in [0.15, 0.2) is 54.6 Å². The maximum absolute atomic E-state index is 9.91. The summed E-state index contributed by atoms with van der Waals surface area (Å²) in [4.78, 5) is 1.95. The van der Waals surface area contributed by atoms with Gasteiger partial charge in [0.2, 0.25) is 0 Å². The minimum atomic E-state index is -0.475. The Balaban J connectivity index is 1.92. The standard InChI is InChI=1S/C19H25NO2/c1-20(2)14-18(21)15-22-19-11-7-6-10-17(19)13-12-16-8-4-3-5-9-16/h3-11,18,21H,12-15H2,1-2H3/t18-/m1/s1. The van der Waals surface area contributed by atoms with Gasteiger partial charge < -0.3 is 14.7 Å². The number of aliphatic hydroxyl groups excluding tert-OH is 1. The third kappa shape index (κ3) is 5.51. The lowest BCUT2D eigenvalue weighted by molar-refractivity contribution is 0.0827. The molecule has 0 spiro atoms. The van der Waals surface area contributed by atoms with E-state index in [2.05, 4.69) is 30.3 Å². The van der Waals surface area contributed by atoms with Gasteiger partial charge in [0.05, 0.1) is 0 Å². The predicted octanol–water partition coefficient (Wildman–Crippen LogP) is 2.77. The molecule has 3 nitrogen and oxygen atoms in total. The highest BCUT2D eigenvalue weighted by Crippen LogP contribution is 2.20. The first-order valence-electron chi connectivity index (χ1n) is 7.72. The van der Waals surface area contributed by atoms with Crippen molar-refractivity contribution in [3.8, 4) is 5.75 Å². The maximum atomic E-state index is 9.91. The Kier molecular flexibility index (Phi) is 6.44. The van der Waals surface area contributed by atoms with Gasteiger partial charge in [0.15, 0.2) is 0 Å². The van der Waals surface area contributed by atoms with E-state index in [-0.39, 0.29) is 0 Å². The molecule has 0 saturated carbocycles. The molecule has 0 aliphatic heterocycles. The van der Waals surface area contributed by atoms with Crippen molar-refractivity contribution in [1.29, 1.82) is 0 Å². The van der Waals surface area contributed by atoms with Crippen LogP contribution < -0.4 is 4.74 Å². The number of rotatable bonds is 8. The molecule has 0 unspecified atom stereocenters. The Bertz CT molecular complexity index is 554. The summed E-state index contributed by atoms with van der Waals surface area (Å²) in [5.41, 5.74) is 2.51. The molecule has 0 radical (unpaired) electrons. The molecule has 0 aromatic heterocycles. The van der Waals surface area contributed by atoms with Crippen LogP contribution in [0.25, 0.3) is 0 Å². The largest absolute Gasteiger partial charge is 0.491 e. The molecule has 0 fully saturated rings. The van der Waals surface area contributed by atoms with Gasteiger partial charge in [0, 0.05) is 6.54 Å². The molecular weight excluding hydrogens is 274 g/mol. The number of nitrogens with zero attached hydrogens (tertiary/aromatic N) is 1. The summed E-state index contributed by atoms with van der Waals surface area (Å²) in [6, 6.07) is 18.5. The quantitative estimate of drug-likeness (QED) is 0.813. The summed E-state index contributed by atoms with van der Waals surface area (Å²) in [6.45, 7) is 0.923. The summed E-state index contributed by atoms with van der Waals surface area (Å²) < 4.78 is 5.81. The van der Waals surface area contributed by atoms with E-state index in [4.69, 9.17) is 4.74 Å². The topological polar surface area (TPSA) is 32.7 Å². The second-order valence-corrected chi connectivity index (χ2v) is 5.82. The minimum Gasteiger partial charge on any atom is -0.491 e. The Hall–Kier alpha value is -1.84. The third-order valence-electron chi connectivity index (χ3n) is 3.51. The van der Waals surface area contributed by atoms with E-state index in [0.29, 0.717) is 13.2 Å². The lowest BCUT2D eigenvalue weighted by Gasteiger charge is -2.18. The number of hydrogen-bond acceptors (Lipinski definition) is 3. The van der Waals surface area contributed by atoms with Crippen LogP contribution in [0, 0.1) is 0 Å². The molecule has 3 heteroatoms. The molecule has 0 amide bonds. The molecule has 0 bridgehead atoms. The van der Waals surface area contributed by atoms with Crippen LogP contribution in [0.2, 0.25) is 0 Å². The van der Waals surface area contributed by atoms with Crippen molar-refractivity contribution in [2.24, 2.45) is 0 Å². The number of para-hydroxylation sites is 1. The van der Waals surface area contributed by atoms with Crippen molar-refractivity contribution < 1.29 is 9.84 Å². The normalized spacial score (nSPS) is 12.4. The molecule has 118 valence electrons. The Morgan fingerprint density at radius 1 is 0.955 bits per heavy atom. The van der Waals surface area contributed by atoms with Gasteiger partial charge in [-0.15, -0.1) is 0 Å². The average Bonchev–Trinajstić information content (AvgIpc) is 2.52. The second kappa shape index (κ2) is 8.57. The fraction of sp³-hybridized carbons (Fsp3) is 0.368. The zero-order chi connectivity index (χ0) is 15.8. The molecule has 0 heterocycles. The molecular formula is C19H25NO2. The summed E-state index contributed by atoms with van der Waals surface area (Å²) in [5.74, 6) is 0.872. The van der Waals surface area contributed by atoms with Crippen molar-refractivity contribution in [2.75, 3.05) is 27.2 Å². The van der Waals surface area contributed by atoms with Crippen LogP contribution in [-0.2, 0) is 12.8 Å². The molecule has 2 rings (SSSR count). The lowest BCUT2D eigenvalue weighted by Crippen LogP contribution is -2.30. The highest BCUT2D eigenvalue weighted by Gasteiger charge is 2.09. The summed E-state index contributed by atoms with van der Waals surface area (Å²) in [6.07, 6.45) is 1.45. The van der Waals surface area contributed by atoms with Crippen LogP contribution in [0.4, 0.5) is 0 Å². The van der Waals surface area contributed by atoms with Crippen LogP contribution in [0.1, 0.15) is 11.1 Å². The van der Waals surface area contributed by atoms with E-state index < -0.39 is 6.10 Å². The van der Waals surface area contributed by atoms with E-state index in [9.17, 15) is 5.11 Å². The number of aryl methyl sites for hydroxylation is 2. The first-order chi connectivity index (χ1) is 10.6. The molecule has 1 atom stereocenters. The van der Waals surface area contributed by atoms with Gasteiger partial charge in [0.25, 0.3) is 0 Å². The van der Waals surface area contributed by atoms with Crippen LogP contribution >= 0.6 is 0 Å². The highest BCUT2D eigenvalue weighted by molar-refractivity contribution is 5.34. The minimum absolute atomic E-state index is 0.320. The van der Waals surface area contributed by atoms with Gasteiger partial charge >= 0.3 is 0 Å². The SMILES string of the molecule is CN(C)C[C@@H](O)COc1ccccc1CCc1ccccc1. The zero-order valence-corrected chi connectivity index (χ0v) is 13.4. The number of benzene rings is 2. The summed E-state index contributed by atoms with van der Waals surface area (Å²) in [7, 11) is 3.88. The van der Waals surface area contributed by atoms with E-state index in [0.717, 1.165) is 18.6 Å². The van der Waals surface area contributed by atoms with Gasteiger partial charge in [-0.05, 0) is 44.1 Å². The van der Waals surface area contributed by atoms with Gasteiger partial charge in [-0.1, -0.05) is 48.5 Å². The third-order valence-corrected chi connectivity index (χ3v) is 3.51. The fourth-order valence-electron chi connectivity index (χ4n) is 2.44. The molecule has 22 heavy (non-hydrogen) atoms. The van der Waals surface area contributed by atoms with Crippen molar-refractivity contribution >= 4 is 0 Å². The van der Waals surface area contributed by atoms with Crippen LogP contribution in [-0.4, -0.2) is 43.4 Å². The molecule has 0 aliphatic carbocycles. The monoisotopic (exact) mass is 299 g/mol. The van der Waals surface area contributed by atoms with E-state index in [1.807, 2.05) is 43.3 Å². The van der Waals surface area contributed by atoms with Crippen molar-refractivity contribution in [3.05, 3.63) is 65.7 Å². The van der Waals surface area contributed by atoms with Gasteiger partial charge in [0.1, 0.15) is 18.5 Å². The average molecular weight is 299 g/mol. The first-order valence-corrected chi connectivity index (χ1v) is 7.72. The van der Waals surface area contributed by atoms with Gasteiger partial charge in [-0.25, -0.2) is 0 Å². The van der Waals surface area contributed by atoms with Gasteiger partial charge in [-0.2, -0.15) is 0 Å².